The van der Waals surface area contributed by atoms with Crippen LogP contribution in [-0.4, -0.2) is 33.0 Å². The molecular formula is C25H27ClN4O2. The Labute approximate surface area is 193 Å². The van der Waals surface area contributed by atoms with Gasteiger partial charge in [0.25, 0.3) is 5.91 Å². The predicted molar refractivity (Wildman–Crippen MR) is 126 cm³/mol. The summed E-state index contributed by atoms with van der Waals surface area (Å²) in [5.41, 5.74) is 4.67. The summed E-state index contributed by atoms with van der Waals surface area (Å²) in [4.78, 5) is 27.1. The van der Waals surface area contributed by atoms with Crippen LogP contribution in [0.2, 0.25) is 5.02 Å². The first-order valence-electron chi connectivity index (χ1n) is 10.9. The molecule has 2 heterocycles. The van der Waals surface area contributed by atoms with E-state index in [1.165, 1.54) is 0 Å². The van der Waals surface area contributed by atoms with Crippen molar-refractivity contribution in [3.63, 3.8) is 0 Å². The number of hydrogen-bond acceptors (Lipinski definition) is 3. The summed E-state index contributed by atoms with van der Waals surface area (Å²) in [6.07, 6.45) is 2.63. The zero-order valence-corrected chi connectivity index (χ0v) is 19.2. The zero-order chi connectivity index (χ0) is 22.7. The molecule has 1 fully saturated rings. The molecule has 1 aromatic heterocycles. The van der Waals surface area contributed by atoms with Crippen LogP contribution in [0.5, 0.6) is 0 Å². The number of nitrogens with one attached hydrogen (secondary N) is 1. The molecule has 0 aliphatic carbocycles. The number of halogens is 1. The van der Waals surface area contributed by atoms with Gasteiger partial charge in [-0.2, -0.15) is 5.10 Å². The van der Waals surface area contributed by atoms with Gasteiger partial charge in [0.15, 0.2) is 0 Å². The molecule has 32 heavy (non-hydrogen) atoms. The van der Waals surface area contributed by atoms with E-state index >= 15 is 0 Å². The summed E-state index contributed by atoms with van der Waals surface area (Å²) >= 11 is 6.29. The molecule has 7 heteroatoms. The zero-order valence-electron chi connectivity index (χ0n) is 18.4. The Hall–Kier alpha value is -3.12. The van der Waals surface area contributed by atoms with Gasteiger partial charge in [-0.3, -0.25) is 14.3 Å². The van der Waals surface area contributed by atoms with E-state index in [9.17, 15) is 9.59 Å². The largest absolute Gasteiger partial charge is 0.338 e. The van der Waals surface area contributed by atoms with Crippen molar-refractivity contribution in [3.8, 4) is 0 Å². The highest BCUT2D eigenvalue weighted by atomic mass is 35.5. The average Bonchev–Trinajstić information content (AvgIpc) is 3.04. The molecule has 0 saturated carbocycles. The first kappa shape index (κ1) is 22.1. The van der Waals surface area contributed by atoms with Crippen LogP contribution in [0.25, 0.3) is 0 Å². The van der Waals surface area contributed by atoms with Crippen LogP contribution in [-0.2, 0) is 17.9 Å². The van der Waals surface area contributed by atoms with Gasteiger partial charge < -0.3 is 10.2 Å². The number of carbonyl (C=O) groups is 2. The lowest BCUT2D eigenvalue weighted by Gasteiger charge is -2.26. The molecule has 1 aliphatic rings. The standard InChI is InChI=1S/C25H27ClN4O2/c1-17-24(18(2)30(28-17)16-20-9-3-4-11-22(20)26)25(32)27-21-10-7-8-19(14-21)15-29-13-6-5-12-23(29)31/h3-4,7-11,14H,5-6,12-13,15-16H2,1-2H3,(H,27,32). The maximum Gasteiger partial charge on any atom is 0.259 e. The third-order valence-corrected chi connectivity index (χ3v) is 6.23. The molecule has 4 rings (SSSR count). The summed E-state index contributed by atoms with van der Waals surface area (Å²) in [7, 11) is 0. The van der Waals surface area contributed by atoms with Crippen LogP contribution in [0.15, 0.2) is 48.5 Å². The van der Waals surface area contributed by atoms with Crippen LogP contribution in [0, 0.1) is 13.8 Å². The van der Waals surface area contributed by atoms with Crippen molar-refractivity contribution >= 4 is 29.1 Å². The number of anilines is 1. The molecule has 0 radical (unpaired) electrons. The van der Waals surface area contributed by atoms with Gasteiger partial charge in [0, 0.05) is 35.9 Å². The van der Waals surface area contributed by atoms with E-state index in [-0.39, 0.29) is 11.8 Å². The fourth-order valence-electron chi connectivity index (χ4n) is 4.16. The summed E-state index contributed by atoms with van der Waals surface area (Å²) in [5.74, 6) is -0.000482. The van der Waals surface area contributed by atoms with Crippen molar-refractivity contribution in [3.05, 3.63) is 81.6 Å². The summed E-state index contributed by atoms with van der Waals surface area (Å²) in [6.45, 7) is 5.58. The van der Waals surface area contributed by atoms with Crippen molar-refractivity contribution in [2.75, 3.05) is 11.9 Å². The molecule has 6 nitrogen and oxygen atoms in total. The lowest BCUT2D eigenvalue weighted by molar-refractivity contribution is -0.133. The lowest BCUT2D eigenvalue weighted by atomic mass is 10.1. The SMILES string of the molecule is Cc1nn(Cc2ccccc2Cl)c(C)c1C(=O)Nc1cccc(CN2CCCCC2=O)c1. The van der Waals surface area contributed by atoms with Crippen molar-refractivity contribution in [2.24, 2.45) is 0 Å². The number of carbonyl (C=O) groups excluding carboxylic acids is 2. The topological polar surface area (TPSA) is 67.2 Å². The normalized spacial score (nSPS) is 14.0. The van der Waals surface area contributed by atoms with E-state index in [1.54, 1.807) is 0 Å². The number of amides is 2. The monoisotopic (exact) mass is 450 g/mol. The minimum absolute atomic E-state index is 0.197. The molecule has 2 aromatic carbocycles. The minimum atomic E-state index is -0.198. The van der Waals surface area contributed by atoms with E-state index < -0.39 is 0 Å². The number of aromatic nitrogens is 2. The Balaban J connectivity index is 1.49. The van der Waals surface area contributed by atoms with Crippen LogP contribution in [0.1, 0.15) is 52.1 Å². The van der Waals surface area contributed by atoms with Gasteiger partial charge in [-0.05, 0) is 56.0 Å². The second-order valence-electron chi connectivity index (χ2n) is 8.22. The van der Waals surface area contributed by atoms with Crippen molar-refractivity contribution in [2.45, 2.75) is 46.2 Å². The number of likely N-dealkylation sites (tertiary alicyclic amines) is 1. The number of rotatable bonds is 6. The van der Waals surface area contributed by atoms with Gasteiger partial charge in [0.1, 0.15) is 0 Å². The van der Waals surface area contributed by atoms with Crippen LogP contribution in [0.4, 0.5) is 5.69 Å². The van der Waals surface area contributed by atoms with Crippen LogP contribution in [0.3, 0.4) is 0 Å². The predicted octanol–water partition coefficient (Wildman–Crippen LogP) is 4.97. The molecule has 0 atom stereocenters. The van der Waals surface area contributed by atoms with E-state index in [1.807, 2.05) is 72.0 Å². The Morgan fingerprint density at radius 2 is 1.91 bits per heavy atom. The number of hydrogen-bond donors (Lipinski definition) is 1. The summed E-state index contributed by atoms with van der Waals surface area (Å²) in [5, 5.41) is 8.24. The third-order valence-electron chi connectivity index (χ3n) is 5.87. The highest BCUT2D eigenvalue weighted by molar-refractivity contribution is 6.31. The highest BCUT2D eigenvalue weighted by Crippen LogP contribution is 2.22. The molecule has 2 amide bonds. The molecule has 1 aliphatic heterocycles. The summed E-state index contributed by atoms with van der Waals surface area (Å²) < 4.78 is 1.81. The van der Waals surface area contributed by atoms with Crippen molar-refractivity contribution < 1.29 is 9.59 Å². The minimum Gasteiger partial charge on any atom is -0.338 e. The lowest BCUT2D eigenvalue weighted by Crippen LogP contribution is -2.34. The van der Waals surface area contributed by atoms with E-state index in [2.05, 4.69) is 10.4 Å². The molecule has 0 spiro atoms. The number of benzene rings is 2. The smallest absolute Gasteiger partial charge is 0.259 e. The fraction of sp³-hybridized carbons (Fsp3) is 0.320. The number of aryl methyl sites for hydroxylation is 1. The van der Waals surface area contributed by atoms with Gasteiger partial charge in [-0.15, -0.1) is 0 Å². The summed E-state index contributed by atoms with van der Waals surface area (Å²) in [6, 6.07) is 15.3. The van der Waals surface area contributed by atoms with E-state index in [0.717, 1.165) is 36.2 Å². The Bertz CT molecular complexity index is 1150. The maximum absolute atomic E-state index is 13.1. The second-order valence-corrected chi connectivity index (χ2v) is 8.63. The molecule has 0 unspecified atom stereocenters. The fourth-order valence-corrected chi connectivity index (χ4v) is 4.35. The first-order chi connectivity index (χ1) is 15.4. The van der Waals surface area contributed by atoms with Crippen LogP contribution < -0.4 is 5.32 Å². The van der Waals surface area contributed by atoms with Gasteiger partial charge >= 0.3 is 0 Å². The molecule has 166 valence electrons. The Morgan fingerprint density at radius 3 is 2.69 bits per heavy atom. The molecule has 3 aromatic rings. The van der Waals surface area contributed by atoms with Crippen LogP contribution >= 0.6 is 11.6 Å². The Kier molecular flexibility index (Phi) is 6.61. The number of nitrogens with zero attached hydrogens (tertiary/aromatic N) is 3. The van der Waals surface area contributed by atoms with Gasteiger partial charge in [0.2, 0.25) is 5.91 Å². The molecule has 0 bridgehead atoms. The second kappa shape index (κ2) is 9.57. The number of piperidine rings is 1. The maximum atomic E-state index is 13.1. The van der Waals surface area contributed by atoms with Crippen molar-refractivity contribution in [1.29, 1.82) is 0 Å². The van der Waals surface area contributed by atoms with Gasteiger partial charge in [0.05, 0.1) is 17.8 Å². The van der Waals surface area contributed by atoms with Crippen molar-refractivity contribution in [1.82, 2.24) is 14.7 Å². The average molecular weight is 451 g/mol. The quantitative estimate of drug-likeness (QED) is 0.576. The molecular weight excluding hydrogens is 424 g/mol. The third kappa shape index (κ3) is 4.86. The molecule has 1 N–H and O–H groups in total. The van der Waals surface area contributed by atoms with E-state index in [0.29, 0.717) is 41.5 Å². The van der Waals surface area contributed by atoms with E-state index in [4.69, 9.17) is 11.6 Å². The Morgan fingerprint density at radius 1 is 1.09 bits per heavy atom. The van der Waals surface area contributed by atoms with Gasteiger partial charge in [-0.1, -0.05) is 41.9 Å². The molecule has 1 saturated heterocycles. The highest BCUT2D eigenvalue weighted by Gasteiger charge is 2.20. The van der Waals surface area contributed by atoms with Gasteiger partial charge in [-0.25, -0.2) is 0 Å². The first-order valence-corrected chi connectivity index (χ1v) is 11.3.